The summed E-state index contributed by atoms with van der Waals surface area (Å²) in [4.78, 5) is 28.1. The number of carbonyl (C=O) groups is 1. The number of rotatable bonds is 11. The highest BCUT2D eigenvalue weighted by molar-refractivity contribution is 8.13. The van der Waals surface area contributed by atoms with Crippen molar-refractivity contribution in [1.82, 2.24) is 14.2 Å². The van der Waals surface area contributed by atoms with Gasteiger partial charge in [-0.15, -0.1) is 0 Å². The van der Waals surface area contributed by atoms with Crippen molar-refractivity contribution >= 4 is 30.4 Å². The summed E-state index contributed by atoms with van der Waals surface area (Å²) in [7, 11) is -3.81. The first kappa shape index (κ1) is 29.2. The van der Waals surface area contributed by atoms with Gasteiger partial charge in [0.2, 0.25) is 0 Å². The molecule has 0 radical (unpaired) electrons. The summed E-state index contributed by atoms with van der Waals surface area (Å²) in [5.41, 5.74) is 1.97. The van der Waals surface area contributed by atoms with Crippen molar-refractivity contribution in [3.05, 3.63) is 22.7 Å². The van der Waals surface area contributed by atoms with E-state index in [4.69, 9.17) is 19.5 Å². The van der Waals surface area contributed by atoms with Gasteiger partial charge in [0.15, 0.2) is 11.3 Å². The normalized spacial score (nSPS) is 28.9. The maximum absolute atomic E-state index is 13.6. The quantitative estimate of drug-likeness (QED) is 0.219. The van der Waals surface area contributed by atoms with Gasteiger partial charge in [-0.3, -0.25) is 18.4 Å². The number of aliphatic hydroxyl groups is 3. The molecule has 36 heavy (non-hydrogen) atoms. The maximum Gasteiger partial charge on any atom is 0.408 e. The summed E-state index contributed by atoms with van der Waals surface area (Å²) in [6.45, 7) is 4.82. The van der Waals surface area contributed by atoms with E-state index in [2.05, 4.69) is 4.98 Å². The van der Waals surface area contributed by atoms with Gasteiger partial charge in [-0.1, -0.05) is 11.8 Å². The number of ether oxygens (including phenoxy) is 1. The van der Waals surface area contributed by atoms with Crippen LogP contribution in [0.1, 0.15) is 39.8 Å². The van der Waals surface area contributed by atoms with Gasteiger partial charge < -0.3 is 25.8 Å². The molecule has 5 N–H and O–H groups in total. The number of hydrogen-bond donors (Lipinski definition) is 4. The van der Waals surface area contributed by atoms with Crippen molar-refractivity contribution in [2.24, 2.45) is 5.41 Å². The van der Waals surface area contributed by atoms with E-state index in [1.54, 1.807) is 18.5 Å². The highest BCUT2D eigenvalue weighted by Crippen LogP contribution is 2.54. The molecule has 0 bridgehead atoms. The van der Waals surface area contributed by atoms with Crippen LogP contribution in [0, 0.1) is 5.41 Å². The molecule has 2 aliphatic heterocycles. The number of aromatic nitrogens is 2. The molecular weight excluding hydrogens is 515 g/mol. The SMILES string of the molecule is CC(C)(CO)C(=O)SCCOP(=O)(OC[C@H]1O[C@@H](n2ccc(N)nc2=O)[C@](C)(O)[C@@H]1O)N1CCCC1. The fourth-order valence-electron chi connectivity index (χ4n) is 3.84. The third-order valence-corrected chi connectivity index (χ3v) is 9.47. The zero-order valence-electron chi connectivity index (χ0n) is 20.6. The average molecular weight is 551 g/mol. The van der Waals surface area contributed by atoms with Crippen LogP contribution in [0.4, 0.5) is 5.82 Å². The molecule has 0 saturated carbocycles. The average Bonchev–Trinajstić information content (AvgIpc) is 3.44. The molecule has 2 fully saturated rings. The summed E-state index contributed by atoms with van der Waals surface area (Å²) in [5, 5.41) is 30.7. The number of carbonyl (C=O) groups excluding carboxylic acids is 1. The second-order valence-electron chi connectivity index (χ2n) is 9.68. The molecule has 2 saturated heterocycles. The lowest BCUT2D eigenvalue weighted by atomic mass is 9.96. The highest BCUT2D eigenvalue weighted by Gasteiger charge is 2.54. The minimum absolute atomic E-state index is 0.00203. The molecule has 0 aromatic carbocycles. The van der Waals surface area contributed by atoms with Crippen LogP contribution in [0.3, 0.4) is 0 Å². The fraction of sp³-hybridized carbons (Fsp3) is 0.762. The number of nitrogen functional groups attached to an aromatic ring is 1. The Kier molecular flexibility index (Phi) is 9.40. The summed E-state index contributed by atoms with van der Waals surface area (Å²) in [5.74, 6) is 0.202. The Labute approximate surface area is 213 Å². The zero-order valence-corrected chi connectivity index (χ0v) is 22.3. The van der Waals surface area contributed by atoms with Gasteiger partial charge in [0, 0.05) is 25.0 Å². The first-order chi connectivity index (χ1) is 16.8. The van der Waals surface area contributed by atoms with Crippen molar-refractivity contribution in [3.63, 3.8) is 0 Å². The van der Waals surface area contributed by atoms with E-state index in [0.717, 1.165) is 29.2 Å². The summed E-state index contributed by atoms with van der Waals surface area (Å²) < 4.78 is 33.3. The molecule has 15 heteroatoms. The van der Waals surface area contributed by atoms with Gasteiger partial charge in [0.1, 0.15) is 23.6 Å². The molecule has 5 atom stereocenters. The third kappa shape index (κ3) is 6.37. The molecule has 0 amide bonds. The van der Waals surface area contributed by atoms with Crippen LogP contribution in [0.5, 0.6) is 0 Å². The van der Waals surface area contributed by atoms with Gasteiger partial charge in [-0.05, 0) is 39.7 Å². The standard InChI is InChI=1S/C21H35N4O9PS/c1-20(2,13-26)18(28)36-11-10-32-35(31,24-7-4-5-8-24)33-12-14-16(27)21(3,30)17(34-14)25-9-6-15(22)23-19(25)29/h6,9,14,16-17,26-27,30H,4-5,7-8,10-13H2,1-3H3,(H2,22,23,29)/t14-,16-,17-,21-,35?/m1/s1. The molecule has 0 spiro atoms. The number of nitrogens with zero attached hydrogens (tertiary/aromatic N) is 3. The van der Waals surface area contributed by atoms with Crippen LogP contribution < -0.4 is 11.4 Å². The minimum atomic E-state index is -3.81. The number of aliphatic hydroxyl groups excluding tert-OH is 2. The zero-order chi connectivity index (χ0) is 26.7. The highest BCUT2D eigenvalue weighted by atomic mass is 32.2. The third-order valence-electron chi connectivity index (χ3n) is 6.21. The van der Waals surface area contributed by atoms with E-state index in [-0.39, 0.29) is 36.5 Å². The molecule has 1 aromatic heterocycles. The van der Waals surface area contributed by atoms with E-state index in [9.17, 15) is 29.5 Å². The predicted molar refractivity (Wildman–Crippen MR) is 132 cm³/mol. The molecular formula is C21H35N4O9PS. The van der Waals surface area contributed by atoms with Crippen molar-refractivity contribution in [3.8, 4) is 0 Å². The second kappa shape index (κ2) is 11.6. The largest absolute Gasteiger partial charge is 0.408 e. The Morgan fingerprint density at radius 3 is 2.67 bits per heavy atom. The van der Waals surface area contributed by atoms with E-state index in [0.29, 0.717) is 13.1 Å². The van der Waals surface area contributed by atoms with Gasteiger partial charge in [0.05, 0.1) is 25.2 Å². The van der Waals surface area contributed by atoms with Crippen LogP contribution in [-0.4, -0.2) is 91.1 Å². The molecule has 0 aliphatic carbocycles. The Morgan fingerprint density at radius 2 is 2.06 bits per heavy atom. The predicted octanol–water partition coefficient (Wildman–Crippen LogP) is 0.350. The summed E-state index contributed by atoms with van der Waals surface area (Å²) in [6.07, 6.45) is -0.980. The summed E-state index contributed by atoms with van der Waals surface area (Å²) in [6, 6.07) is 1.36. The van der Waals surface area contributed by atoms with Gasteiger partial charge in [-0.2, -0.15) is 4.98 Å². The number of thioether (sulfide) groups is 1. The van der Waals surface area contributed by atoms with Crippen molar-refractivity contribution in [1.29, 1.82) is 0 Å². The minimum Gasteiger partial charge on any atom is -0.395 e. The Balaban J connectivity index is 1.66. The first-order valence-electron chi connectivity index (χ1n) is 11.6. The lowest BCUT2D eigenvalue weighted by Gasteiger charge is -2.28. The monoisotopic (exact) mass is 550 g/mol. The molecule has 2 aliphatic rings. The molecule has 3 rings (SSSR count). The molecule has 1 aromatic rings. The smallest absolute Gasteiger partial charge is 0.395 e. The van der Waals surface area contributed by atoms with Crippen LogP contribution in [-0.2, 0) is 23.1 Å². The Hall–Kier alpha value is -1.35. The van der Waals surface area contributed by atoms with Crippen LogP contribution >= 0.6 is 19.5 Å². The van der Waals surface area contributed by atoms with Gasteiger partial charge >= 0.3 is 13.4 Å². The Bertz CT molecular complexity index is 1030. The van der Waals surface area contributed by atoms with Crippen molar-refractivity contribution < 1.29 is 38.5 Å². The lowest BCUT2D eigenvalue weighted by Crippen LogP contribution is -2.46. The maximum atomic E-state index is 13.6. The number of anilines is 1. The van der Waals surface area contributed by atoms with Crippen molar-refractivity contribution in [2.75, 3.05) is 44.4 Å². The number of hydrogen-bond acceptors (Lipinski definition) is 12. The number of nitrogens with two attached hydrogens (primary N) is 1. The summed E-state index contributed by atoms with van der Waals surface area (Å²) >= 11 is 0.971. The van der Waals surface area contributed by atoms with Gasteiger partial charge in [-0.25, -0.2) is 14.0 Å². The van der Waals surface area contributed by atoms with Crippen LogP contribution in [0.25, 0.3) is 0 Å². The van der Waals surface area contributed by atoms with Crippen LogP contribution in [0.15, 0.2) is 17.1 Å². The first-order valence-corrected chi connectivity index (χ1v) is 14.1. The Morgan fingerprint density at radius 1 is 1.39 bits per heavy atom. The molecule has 204 valence electrons. The molecule has 13 nitrogen and oxygen atoms in total. The van der Waals surface area contributed by atoms with Crippen molar-refractivity contribution in [2.45, 2.75) is 57.6 Å². The van der Waals surface area contributed by atoms with Crippen LogP contribution in [0.2, 0.25) is 0 Å². The van der Waals surface area contributed by atoms with E-state index < -0.39 is 42.9 Å². The van der Waals surface area contributed by atoms with E-state index >= 15 is 0 Å². The fourth-order valence-corrected chi connectivity index (χ4v) is 6.60. The lowest BCUT2D eigenvalue weighted by molar-refractivity contribution is -0.119. The van der Waals surface area contributed by atoms with E-state index in [1.165, 1.54) is 19.2 Å². The topological polar surface area (TPSA) is 187 Å². The van der Waals surface area contributed by atoms with E-state index in [1.807, 2.05) is 0 Å². The molecule has 1 unspecified atom stereocenters. The molecule has 3 heterocycles. The second-order valence-corrected chi connectivity index (χ2v) is 12.8. The van der Waals surface area contributed by atoms with Gasteiger partial charge in [0.25, 0.3) is 0 Å².